The van der Waals surface area contributed by atoms with Crippen molar-refractivity contribution in [3.8, 4) is 5.75 Å². The van der Waals surface area contributed by atoms with Crippen LogP contribution in [0.5, 0.6) is 5.75 Å². The summed E-state index contributed by atoms with van der Waals surface area (Å²) in [6.45, 7) is 6.12. The molecule has 6 nitrogen and oxygen atoms in total. The van der Waals surface area contributed by atoms with Gasteiger partial charge in [-0.15, -0.1) is 0 Å². The van der Waals surface area contributed by atoms with Crippen molar-refractivity contribution in [2.24, 2.45) is 0 Å². The molecule has 0 unspecified atom stereocenters. The van der Waals surface area contributed by atoms with Crippen molar-refractivity contribution in [3.63, 3.8) is 0 Å². The molecule has 2 aromatic rings. The molecule has 0 saturated heterocycles. The highest BCUT2D eigenvalue weighted by molar-refractivity contribution is 6.01. The van der Waals surface area contributed by atoms with Crippen LogP contribution in [0.1, 0.15) is 78.3 Å². The average Bonchev–Trinajstić information content (AvgIpc) is 2.77. The number of hydrogen-bond acceptors (Lipinski definition) is 4. The zero-order valence-corrected chi connectivity index (χ0v) is 18.2. The van der Waals surface area contributed by atoms with Gasteiger partial charge in [0.15, 0.2) is 0 Å². The Bertz CT molecular complexity index is 956. The summed E-state index contributed by atoms with van der Waals surface area (Å²) < 4.78 is 5.80. The lowest BCUT2D eigenvalue weighted by atomic mass is 9.91. The molecule has 31 heavy (non-hydrogen) atoms. The minimum Gasteiger partial charge on any atom is -0.489 e. The van der Waals surface area contributed by atoms with Gasteiger partial charge in [0.25, 0.3) is 0 Å². The first-order valence-electron chi connectivity index (χ1n) is 10.4. The maximum atomic E-state index is 11.3. The molecule has 0 bridgehead atoms. The van der Waals surface area contributed by atoms with Crippen molar-refractivity contribution in [2.75, 3.05) is 0 Å². The second kappa shape index (κ2) is 10.8. The number of ether oxygens (including phenoxy) is 1. The number of aromatic carboxylic acids is 2. The molecular formula is C25H30O6. The smallest absolute Gasteiger partial charge is 0.336 e. The molecule has 0 saturated carbocycles. The van der Waals surface area contributed by atoms with E-state index in [9.17, 15) is 19.8 Å². The number of rotatable bonds is 11. The molecule has 2 aromatic carbocycles. The van der Waals surface area contributed by atoms with Crippen molar-refractivity contribution in [3.05, 3.63) is 70.8 Å². The molecule has 6 heteroatoms. The average molecular weight is 427 g/mol. The van der Waals surface area contributed by atoms with E-state index in [1.165, 1.54) is 12.1 Å². The summed E-state index contributed by atoms with van der Waals surface area (Å²) in [6, 6.07) is 11.7. The predicted octanol–water partition coefficient (Wildman–Crippen LogP) is 5.40. The summed E-state index contributed by atoms with van der Waals surface area (Å²) in [5.74, 6) is -1.95. The zero-order valence-electron chi connectivity index (χ0n) is 18.2. The molecule has 0 atom stereocenters. The van der Waals surface area contributed by atoms with Crippen molar-refractivity contribution in [1.82, 2.24) is 0 Å². The molecule has 166 valence electrons. The highest BCUT2D eigenvalue weighted by Gasteiger charge is 2.20. The first-order valence-corrected chi connectivity index (χ1v) is 10.4. The molecule has 0 radical (unpaired) electrons. The Balaban J connectivity index is 2.07. The van der Waals surface area contributed by atoms with Crippen LogP contribution in [0, 0.1) is 0 Å². The maximum Gasteiger partial charge on any atom is 0.336 e. The maximum absolute atomic E-state index is 11.3. The Kier molecular flexibility index (Phi) is 8.39. The molecule has 0 spiro atoms. The lowest BCUT2D eigenvalue weighted by Crippen LogP contribution is -2.25. The summed E-state index contributed by atoms with van der Waals surface area (Å²) >= 11 is 0. The Hall–Kier alpha value is -3.12. The monoisotopic (exact) mass is 426 g/mol. The molecule has 0 fully saturated rings. The van der Waals surface area contributed by atoms with Crippen LogP contribution in [0.3, 0.4) is 0 Å². The van der Waals surface area contributed by atoms with Crippen LogP contribution in [0.25, 0.3) is 5.57 Å². The van der Waals surface area contributed by atoms with Gasteiger partial charge in [0.05, 0.1) is 16.7 Å². The molecule has 0 aliphatic rings. The van der Waals surface area contributed by atoms with E-state index < -0.39 is 17.5 Å². The first-order chi connectivity index (χ1) is 14.7. The molecule has 0 aliphatic carbocycles. The van der Waals surface area contributed by atoms with Crippen molar-refractivity contribution >= 4 is 17.5 Å². The lowest BCUT2D eigenvalue weighted by Gasteiger charge is -2.24. The van der Waals surface area contributed by atoms with Crippen molar-refractivity contribution in [1.29, 1.82) is 0 Å². The molecular weight excluding hydrogens is 396 g/mol. The third-order valence-corrected chi connectivity index (χ3v) is 5.62. The van der Waals surface area contributed by atoms with Crippen LogP contribution in [-0.2, 0) is 6.61 Å². The second-order valence-electron chi connectivity index (χ2n) is 7.66. The van der Waals surface area contributed by atoms with E-state index in [1.807, 2.05) is 45.0 Å². The number of benzene rings is 2. The largest absolute Gasteiger partial charge is 0.489 e. The standard InChI is InChI=1S/C25H30O6/c1-4-25(30,5-2)13-7-8-17(3)19-9-6-10-20(15-19)31-16-18-11-12-21(23(26)27)22(14-18)24(28)29/h6,8-12,14-15,30H,4-5,7,13,16H2,1-3H3,(H,26,27)(H,28,29)/b17-8-. The van der Waals surface area contributed by atoms with Gasteiger partial charge in [0, 0.05) is 0 Å². The Morgan fingerprint density at radius 2 is 1.68 bits per heavy atom. The van der Waals surface area contributed by atoms with E-state index >= 15 is 0 Å². The highest BCUT2D eigenvalue weighted by Crippen LogP contribution is 2.25. The van der Waals surface area contributed by atoms with Gasteiger partial charge in [0.1, 0.15) is 12.4 Å². The fourth-order valence-corrected chi connectivity index (χ4v) is 3.32. The third-order valence-electron chi connectivity index (χ3n) is 5.62. The van der Waals surface area contributed by atoms with E-state index in [2.05, 4.69) is 6.08 Å². The van der Waals surface area contributed by atoms with E-state index in [4.69, 9.17) is 9.84 Å². The predicted molar refractivity (Wildman–Crippen MR) is 120 cm³/mol. The number of hydrogen-bond donors (Lipinski definition) is 3. The van der Waals surface area contributed by atoms with Gasteiger partial charge in [-0.25, -0.2) is 9.59 Å². The molecule has 0 aromatic heterocycles. The minimum atomic E-state index is -1.29. The topological polar surface area (TPSA) is 104 Å². The van der Waals surface area contributed by atoms with E-state index in [0.29, 0.717) is 17.7 Å². The first kappa shape index (κ1) is 24.2. The normalized spacial score (nSPS) is 11.9. The molecule has 0 amide bonds. The molecule has 0 heterocycles. The summed E-state index contributed by atoms with van der Waals surface area (Å²) in [5.41, 5.74) is 1.52. The van der Waals surface area contributed by atoms with Gasteiger partial charge in [-0.3, -0.25) is 0 Å². The molecule has 2 rings (SSSR count). The van der Waals surface area contributed by atoms with Gasteiger partial charge < -0.3 is 20.1 Å². The van der Waals surface area contributed by atoms with Gasteiger partial charge in [-0.2, -0.15) is 0 Å². The van der Waals surface area contributed by atoms with E-state index in [0.717, 1.165) is 30.4 Å². The van der Waals surface area contributed by atoms with Crippen LogP contribution in [0.4, 0.5) is 0 Å². The van der Waals surface area contributed by atoms with Crippen molar-refractivity contribution < 1.29 is 29.6 Å². The highest BCUT2D eigenvalue weighted by atomic mass is 16.5. The van der Waals surface area contributed by atoms with Gasteiger partial charge in [-0.1, -0.05) is 38.1 Å². The lowest BCUT2D eigenvalue weighted by molar-refractivity contribution is 0.0246. The van der Waals surface area contributed by atoms with Crippen LogP contribution in [0.2, 0.25) is 0 Å². The van der Waals surface area contributed by atoms with Crippen molar-refractivity contribution in [2.45, 2.75) is 58.7 Å². The number of aliphatic hydroxyl groups is 1. The molecule has 0 aliphatic heterocycles. The van der Waals surface area contributed by atoms with Crippen LogP contribution < -0.4 is 4.74 Å². The van der Waals surface area contributed by atoms with E-state index in [-0.39, 0.29) is 17.7 Å². The van der Waals surface area contributed by atoms with Crippen LogP contribution in [-0.4, -0.2) is 32.9 Å². The summed E-state index contributed by atoms with van der Waals surface area (Å²) in [6.07, 6.45) is 5.07. The van der Waals surface area contributed by atoms with E-state index in [1.54, 1.807) is 6.07 Å². The fraction of sp³-hybridized carbons (Fsp3) is 0.360. The Morgan fingerprint density at radius 3 is 2.29 bits per heavy atom. The Morgan fingerprint density at radius 1 is 1.00 bits per heavy atom. The van der Waals surface area contributed by atoms with Crippen LogP contribution in [0.15, 0.2) is 48.5 Å². The number of allylic oxidation sites excluding steroid dienone is 2. The van der Waals surface area contributed by atoms with Gasteiger partial charge in [-0.05, 0) is 73.6 Å². The fourth-order valence-electron chi connectivity index (χ4n) is 3.32. The second-order valence-corrected chi connectivity index (χ2v) is 7.66. The third kappa shape index (κ3) is 6.69. The summed E-state index contributed by atoms with van der Waals surface area (Å²) in [7, 11) is 0. The SMILES string of the molecule is CCC(O)(CC)CC/C=C(/C)c1cccc(OCc2ccc(C(=O)O)c(C(=O)O)c2)c1. The summed E-state index contributed by atoms with van der Waals surface area (Å²) in [4.78, 5) is 22.5. The zero-order chi connectivity index (χ0) is 23.0. The van der Waals surface area contributed by atoms with Gasteiger partial charge in [0.2, 0.25) is 0 Å². The molecule has 3 N–H and O–H groups in total. The number of carbonyl (C=O) groups is 2. The van der Waals surface area contributed by atoms with Gasteiger partial charge >= 0.3 is 11.9 Å². The number of carboxylic acid groups (broad SMARTS) is 2. The van der Waals surface area contributed by atoms with Crippen LogP contribution >= 0.6 is 0 Å². The minimum absolute atomic E-state index is 0.117. The summed E-state index contributed by atoms with van der Waals surface area (Å²) in [5, 5.41) is 28.8. The Labute approximate surface area is 182 Å². The quantitative estimate of drug-likeness (QED) is 0.445. The number of carboxylic acids is 2.